The zero-order valence-corrected chi connectivity index (χ0v) is 20.7. The van der Waals surface area contributed by atoms with Gasteiger partial charge < -0.3 is 15.2 Å². The van der Waals surface area contributed by atoms with Crippen molar-refractivity contribution in [3.05, 3.63) is 70.8 Å². The van der Waals surface area contributed by atoms with Crippen molar-refractivity contribution in [3.8, 4) is 17.1 Å². The van der Waals surface area contributed by atoms with E-state index < -0.39 is 11.6 Å². The number of aryl methyl sites for hydroxylation is 1. The summed E-state index contributed by atoms with van der Waals surface area (Å²) in [7, 11) is 0. The molecule has 0 amide bonds. The number of nitrogens with two attached hydrogens (primary N) is 1. The molecule has 0 aliphatic carbocycles. The average Bonchev–Trinajstić information content (AvgIpc) is 3.14. The Morgan fingerprint density at radius 2 is 1.88 bits per heavy atom. The van der Waals surface area contributed by atoms with Crippen molar-refractivity contribution >= 4 is 5.97 Å². The number of esters is 1. The number of nitrogens with zero attached hydrogens (tertiary/aromatic N) is 2. The first kappa shape index (κ1) is 25.4. The molecule has 0 unspecified atom stereocenters. The summed E-state index contributed by atoms with van der Waals surface area (Å²) in [5, 5.41) is 0. The fourth-order valence-electron chi connectivity index (χ4n) is 3.75. The first-order chi connectivity index (χ1) is 16.2. The number of imidazole rings is 1. The lowest BCUT2D eigenvalue weighted by Crippen LogP contribution is -2.24. The van der Waals surface area contributed by atoms with Crippen LogP contribution in [0, 0.1) is 5.82 Å². The molecule has 0 saturated carbocycles. The van der Waals surface area contributed by atoms with E-state index in [2.05, 4.69) is 4.98 Å². The molecule has 0 saturated heterocycles. The van der Waals surface area contributed by atoms with E-state index in [1.54, 1.807) is 24.3 Å². The van der Waals surface area contributed by atoms with Gasteiger partial charge in [0.1, 0.15) is 11.4 Å². The molecule has 7 heteroatoms. The Labute approximate surface area is 200 Å². The highest BCUT2D eigenvalue weighted by atomic mass is 19.1. The number of benzene rings is 2. The maximum atomic E-state index is 15.3. The van der Waals surface area contributed by atoms with Gasteiger partial charge in [0.25, 0.3) is 6.01 Å². The van der Waals surface area contributed by atoms with E-state index in [1.165, 1.54) is 6.07 Å². The number of ether oxygens (including phenoxy) is 2. The average molecular weight is 468 g/mol. The number of halogens is 1. The molecule has 0 aliphatic rings. The van der Waals surface area contributed by atoms with Crippen LogP contribution in [0.2, 0.25) is 0 Å². The van der Waals surface area contributed by atoms with Crippen molar-refractivity contribution in [1.29, 1.82) is 0 Å². The fourth-order valence-corrected chi connectivity index (χ4v) is 3.75. The van der Waals surface area contributed by atoms with Crippen LogP contribution in [-0.2, 0) is 24.2 Å². The highest BCUT2D eigenvalue weighted by Gasteiger charge is 2.22. The molecular weight excluding hydrogens is 433 g/mol. The van der Waals surface area contributed by atoms with E-state index in [0.29, 0.717) is 41.3 Å². The largest absolute Gasteiger partial charge is 0.465 e. The van der Waals surface area contributed by atoms with Crippen LogP contribution in [0.25, 0.3) is 11.1 Å². The monoisotopic (exact) mass is 467 g/mol. The van der Waals surface area contributed by atoms with Gasteiger partial charge in [-0.25, -0.2) is 9.18 Å². The van der Waals surface area contributed by atoms with Gasteiger partial charge in [-0.3, -0.25) is 4.57 Å². The summed E-state index contributed by atoms with van der Waals surface area (Å²) in [5.41, 5.74) is 9.16. The van der Waals surface area contributed by atoms with Crippen LogP contribution < -0.4 is 10.5 Å². The summed E-state index contributed by atoms with van der Waals surface area (Å²) in [4.78, 5) is 17.3. The van der Waals surface area contributed by atoms with E-state index in [1.807, 2.05) is 51.3 Å². The smallest absolute Gasteiger partial charge is 0.339 e. The lowest BCUT2D eigenvalue weighted by atomic mass is 9.98. The molecule has 0 spiro atoms. The zero-order chi connectivity index (χ0) is 24.9. The Hall–Kier alpha value is -3.19. The minimum absolute atomic E-state index is 0.248. The van der Waals surface area contributed by atoms with Crippen LogP contribution in [0.1, 0.15) is 68.3 Å². The molecule has 34 heavy (non-hydrogen) atoms. The number of aromatic nitrogens is 2. The van der Waals surface area contributed by atoms with E-state index in [4.69, 9.17) is 15.2 Å². The van der Waals surface area contributed by atoms with E-state index in [-0.39, 0.29) is 18.9 Å². The van der Waals surface area contributed by atoms with Crippen LogP contribution >= 0.6 is 0 Å². The normalized spacial score (nSPS) is 11.5. The lowest BCUT2D eigenvalue weighted by molar-refractivity contribution is 0.00704. The number of hydrogen-bond donors (Lipinski definition) is 1. The topological polar surface area (TPSA) is 79.4 Å². The molecule has 1 aromatic heterocycles. The van der Waals surface area contributed by atoms with Crippen LogP contribution in [0.5, 0.6) is 6.01 Å². The van der Waals surface area contributed by atoms with Gasteiger partial charge in [-0.05, 0) is 56.9 Å². The summed E-state index contributed by atoms with van der Waals surface area (Å²) in [6.45, 7) is 10.5. The minimum Gasteiger partial charge on any atom is -0.465 e. The van der Waals surface area contributed by atoms with Gasteiger partial charge in [-0.2, -0.15) is 4.98 Å². The highest BCUT2D eigenvalue weighted by Crippen LogP contribution is 2.29. The molecular formula is C27H34FN3O3. The van der Waals surface area contributed by atoms with Gasteiger partial charge in [-0.15, -0.1) is 0 Å². The predicted molar refractivity (Wildman–Crippen MR) is 131 cm³/mol. The molecule has 0 aliphatic heterocycles. The molecule has 0 radical (unpaired) electrons. The molecule has 0 bridgehead atoms. The van der Waals surface area contributed by atoms with Crippen LogP contribution in [0.4, 0.5) is 4.39 Å². The zero-order valence-electron chi connectivity index (χ0n) is 20.7. The number of rotatable bonds is 9. The van der Waals surface area contributed by atoms with Crippen LogP contribution in [0.3, 0.4) is 0 Å². The molecule has 1 heterocycles. The van der Waals surface area contributed by atoms with Crippen molar-refractivity contribution in [3.63, 3.8) is 0 Å². The second-order valence-electron chi connectivity index (χ2n) is 9.13. The highest BCUT2D eigenvalue weighted by molar-refractivity contribution is 5.97. The van der Waals surface area contributed by atoms with E-state index >= 15 is 4.39 Å². The minimum atomic E-state index is -0.625. The van der Waals surface area contributed by atoms with Crippen molar-refractivity contribution in [2.75, 3.05) is 6.61 Å². The number of hydrogen-bond acceptors (Lipinski definition) is 5. The summed E-state index contributed by atoms with van der Waals surface area (Å²) in [5.74, 6) is -0.823. The van der Waals surface area contributed by atoms with Gasteiger partial charge in [0, 0.05) is 12.1 Å². The Bertz CT molecular complexity index is 1150. The second-order valence-corrected chi connectivity index (χ2v) is 9.13. The van der Waals surface area contributed by atoms with Gasteiger partial charge in [-0.1, -0.05) is 44.2 Å². The standard InChI is InChI=1S/C27H34FN3O3/c1-6-14-33-26-30-23(7-2)24(16-29)31(26)17-19-13-12-18(15-22(19)28)20-10-8-9-11-21(20)25(32)34-27(3,4)5/h8-13,15H,6-7,14,16-17,29H2,1-5H3. The molecule has 2 N–H and O–H groups in total. The maximum absolute atomic E-state index is 15.3. The molecule has 2 aromatic carbocycles. The molecule has 6 nitrogen and oxygen atoms in total. The summed E-state index contributed by atoms with van der Waals surface area (Å²) < 4.78 is 28.5. The SMILES string of the molecule is CCCOc1nc(CC)c(CN)n1Cc1ccc(-c2ccccc2C(=O)OC(C)(C)C)cc1F. The van der Waals surface area contributed by atoms with Crippen molar-refractivity contribution < 1.29 is 18.7 Å². The maximum Gasteiger partial charge on any atom is 0.339 e. The fraction of sp³-hybridized carbons (Fsp3) is 0.407. The van der Waals surface area contributed by atoms with Crippen molar-refractivity contribution in [1.82, 2.24) is 9.55 Å². The third-order valence-corrected chi connectivity index (χ3v) is 5.32. The molecule has 182 valence electrons. The molecule has 0 atom stereocenters. The van der Waals surface area contributed by atoms with Gasteiger partial charge in [0.2, 0.25) is 0 Å². The Morgan fingerprint density at radius 1 is 1.15 bits per heavy atom. The van der Waals surface area contributed by atoms with Crippen molar-refractivity contribution in [2.24, 2.45) is 5.73 Å². The number of carbonyl (C=O) groups is 1. The van der Waals surface area contributed by atoms with Gasteiger partial charge in [0.05, 0.1) is 30.1 Å². The van der Waals surface area contributed by atoms with Crippen LogP contribution in [-0.4, -0.2) is 27.7 Å². The first-order valence-electron chi connectivity index (χ1n) is 11.7. The summed E-state index contributed by atoms with van der Waals surface area (Å²) >= 11 is 0. The van der Waals surface area contributed by atoms with E-state index in [9.17, 15) is 4.79 Å². The Balaban J connectivity index is 1.95. The Morgan fingerprint density at radius 3 is 2.50 bits per heavy atom. The number of carbonyl (C=O) groups excluding carboxylic acids is 1. The van der Waals surface area contributed by atoms with Gasteiger partial charge in [0.15, 0.2) is 0 Å². The first-order valence-corrected chi connectivity index (χ1v) is 11.7. The quantitative estimate of drug-likeness (QED) is 0.420. The summed E-state index contributed by atoms with van der Waals surface area (Å²) in [6.07, 6.45) is 1.55. The lowest BCUT2D eigenvalue weighted by Gasteiger charge is -2.20. The third kappa shape index (κ3) is 5.83. The molecule has 3 aromatic rings. The van der Waals surface area contributed by atoms with Gasteiger partial charge >= 0.3 is 5.97 Å². The second kappa shape index (κ2) is 10.8. The predicted octanol–water partition coefficient (Wildman–Crippen LogP) is 5.50. The third-order valence-electron chi connectivity index (χ3n) is 5.32. The van der Waals surface area contributed by atoms with Crippen molar-refractivity contribution in [2.45, 2.75) is 66.2 Å². The molecule has 3 rings (SSSR count). The summed E-state index contributed by atoms with van der Waals surface area (Å²) in [6, 6.07) is 12.5. The Kier molecular flexibility index (Phi) is 8.10. The van der Waals surface area contributed by atoms with E-state index in [0.717, 1.165) is 17.8 Å². The van der Waals surface area contributed by atoms with Crippen LogP contribution in [0.15, 0.2) is 42.5 Å². The molecule has 0 fully saturated rings.